The number of carbonyl (C=O) groups excluding carboxylic acids is 3. The second-order valence-electron chi connectivity index (χ2n) is 6.42. The molecule has 0 saturated carbocycles. The van der Waals surface area contributed by atoms with E-state index in [9.17, 15) is 14.4 Å². The van der Waals surface area contributed by atoms with Crippen LogP contribution in [0.3, 0.4) is 0 Å². The summed E-state index contributed by atoms with van der Waals surface area (Å²) in [5.74, 6) is -1.59. The molecule has 0 aliphatic rings. The predicted molar refractivity (Wildman–Crippen MR) is 106 cm³/mol. The topological polar surface area (TPSA) is 90.3 Å². The van der Waals surface area contributed by atoms with Crippen molar-refractivity contribution in [2.45, 2.75) is 19.3 Å². The van der Waals surface area contributed by atoms with Crippen LogP contribution in [0.5, 0.6) is 0 Å². The van der Waals surface area contributed by atoms with Gasteiger partial charge in [-0.15, -0.1) is 0 Å². The van der Waals surface area contributed by atoms with Gasteiger partial charge in [-0.1, -0.05) is 48.5 Å². The van der Waals surface area contributed by atoms with Crippen molar-refractivity contribution in [2.24, 2.45) is 0 Å². The predicted octanol–water partition coefficient (Wildman–Crippen LogP) is 2.23. The molecule has 3 aromatic rings. The van der Waals surface area contributed by atoms with Crippen molar-refractivity contribution in [1.29, 1.82) is 0 Å². The van der Waals surface area contributed by atoms with Gasteiger partial charge in [0.2, 0.25) is 5.91 Å². The van der Waals surface area contributed by atoms with Gasteiger partial charge in [0, 0.05) is 12.6 Å². The monoisotopic (exact) mass is 391 g/mol. The summed E-state index contributed by atoms with van der Waals surface area (Å²) in [4.78, 5) is 35.4. The van der Waals surface area contributed by atoms with Crippen molar-refractivity contribution < 1.29 is 19.1 Å². The van der Waals surface area contributed by atoms with Crippen molar-refractivity contribution in [2.75, 3.05) is 6.61 Å². The van der Waals surface area contributed by atoms with Crippen molar-refractivity contribution in [1.82, 2.24) is 15.1 Å². The maximum Gasteiger partial charge on any atom is 0.306 e. The number of hydrogen-bond donors (Lipinski definition) is 1. The third-order valence-electron chi connectivity index (χ3n) is 4.13. The van der Waals surface area contributed by atoms with Crippen LogP contribution in [0.1, 0.15) is 17.5 Å². The molecule has 0 fully saturated rings. The second kappa shape index (κ2) is 9.98. The van der Waals surface area contributed by atoms with Crippen molar-refractivity contribution in [3.05, 3.63) is 84.2 Å². The number of aromatic nitrogens is 2. The summed E-state index contributed by atoms with van der Waals surface area (Å²) < 4.78 is 6.67. The van der Waals surface area contributed by atoms with E-state index < -0.39 is 24.4 Å². The summed E-state index contributed by atoms with van der Waals surface area (Å²) in [6.07, 6.45) is 4.19. The molecule has 2 aromatic carbocycles. The van der Waals surface area contributed by atoms with E-state index in [0.29, 0.717) is 6.42 Å². The molecule has 0 aliphatic carbocycles. The number of carbonyl (C=O) groups is 3. The van der Waals surface area contributed by atoms with E-state index in [1.54, 1.807) is 23.0 Å². The summed E-state index contributed by atoms with van der Waals surface area (Å²) in [5, 5.41) is 6.48. The van der Waals surface area contributed by atoms with E-state index in [1.165, 1.54) is 0 Å². The minimum absolute atomic E-state index is 0.0892. The first kappa shape index (κ1) is 20.0. The fraction of sp³-hybridized carbons (Fsp3) is 0.182. The van der Waals surface area contributed by atoms with Gasteiger partial charge in [0.25, 0.3) is 5.91 Å². The van der Waals surface area contributed by atoms with E-state index in [1.807, 2.05) is 54.7 Å². The number of esters is 1. The van der Waals surface area contributed by atoms with E-state index in [0.717, 1.165) is 16.8 Å². The standard InChI is InChI=1S/C22H21N3O4/c26-20(13-17-7-3-1-4-8-17)24-21(27)16-29-22(28)12-11-18-14-23-25(15-18)19-9-5-2-6-10-19/h1-10,14-15H,11-13,16H2,(H,24,26,27). The van der Waals surface area contributed by atoms with Crippen LogP contribution in [-0.2, 0) is 32.0 Å². The van der Waals surface area contributed by atoms with Gasteiger partial charge in [-0.3, -0.25) is 19.7 Å². The number of aryl methyl sites for hydroxylation is 1. The van der Waals surface area contributed by atoms with E-state index in [4.69, 9.17) is 4.74 Å². The Labute approximate surface area is 168 Å². The zero-order chi connectivity index (χ0) is 20.5. The molecule has 0 unspecified atom stereocenters. The molecule has 1 N–H and O–H groups in total. The number of ether oxygens (including phenoxy) is 1. The third kappa shape index (κ3) is 6.42. The van der Waals surface area contributed by atoms with E-state index >= 15 is 0 Å². The Hall–Kier alpha value is -3.74. The first-order valence-corrected chi connectivity index (χ1v) is 9.21. The van der Waals surface area contributed by atoms with Crippen molar-refractivity contribution >= 4 is 17.8 Å². The summed E-state index contributed by atoms with van der Waals surface area (Å²) >= 11 is 0. The van der Waals surface area contributed by atoms with Crippen LogP contribution in [0.2, 0.25) is 0 Å². The SMILES string of the molecule is O=C(COC(=O)CCc1cnn(-c2ccccc2)c1)NC(=O)Cc1ccccc1. The maximum absolute atomic E-state index is 11.9. The van der Waals surface area contributed by atoms with Gasteiger partial charge in [0.05, 0.1) is 18.3 Å². The minimum Gasteiger partial charge on any atom is -0.456 e. The highest BCUT2D eigenvalue weighted by molar-refractivity contribution is 5.97. The van der Waals surface area contributed by atoms with Gasteiger partial charge >= 0.3 is 5.97 Å². The smallest absolute Gasteiger partial charge is 0.306 e. The fourth-order valence-electron chi connectivity index (χ4n) is 2.69. The normalized spacial score (nSPS) is 10.3. The number of nitrogens with one attached hydrogen (secondary N) is 1. The first-order chi connectivity index (χ1) is 14.1. The lowest BCUT2D eigenvalue weighted by Gasteiger charge is -2.06. The Morgan fingerprint density at radius 2 is 1.59 bits per heavy atom. The summed E-state index contributed by atoms with van der Waals surface area (Å²) in [5.41, 5.74) is 2.61. The minimum atomic E-state index is -0.642. The summed E-state index contributed by atoms with van der Waals surface area (Å²) in [6, 6.07) is 18.7. The van der Waals surface area contributed by atoms with Gasteiger partial charge in [0.1, 0.15) is 0 Å². The molecule has 0 saturated heterocycles. The molecule has 0 atom stereocenters. The molecule has 0 bridgehead atoms. The number of nitrogens with zero attached hydrogens (tertiary/aromatic N) is 2. The number of rotatable bonds is 8. The average molecular weight is 391 g/mol. The molecular weight excluding hydrogens is 370 g/mol. The van der Waals surface area contributed by atoms with Gasteiger partial charge < -0.3 is 4.74 Å². The molecule has 0 radical (unpaired) electrons. The Bertz CT molecular complexity index is 968. The number of amides is 2. The van der Waals surface area contributed by atoms with Gasteiger partial charge in [0.15, 0.2) is 6.61 Å². The number of hydrogen-bond acceptors (Lipinski definition) is 5. The lowest BCUT2D eigenvalue weighted by molar-refractivity contribution is -0.149. The van der Waals surface area contributed by atoms with Crippen LogP contribution >= 0.6 is 0 Å². The zero-order valence-electron chi connectivity index (χ0n) is 15.8. The molecule has 0 spiro atoms. The molecular formula is C22H21N3O4. The Kier molecular flexibility index (Phi) is 6.89. The number of benzene rings is 2. The molecule has 29 heavy (non-hydrogen) atoms. The maximum atomic E-state index is 11.9. The quantitative estimate of drug-likeness (QED) is 0.595. The van der Waals surface area contributed by atoms with Crippen LogP contribution in [-0.4, -0.2) is 34.2 Å². The Morgan fingerprint density at radius 3 is 2.31 bits per heavy atom. The van der Waals surface area contributed by atoms with Crippen molar-refractivity contribution in [3.8, 4) is 5.69 Å². The molecule has 1 aromatic heterocycles. The van der Waals surface area contributed by atoms with Crippen LogP contribution in [0.4, 0.5) is 0 Å². The Morgan fingerprint density at radius 1 is 0.897 bits per heavy atom. The number of imide groups is 1. The highest BCUT2D eigenvalue weighted by Crippen LogP contribution is 2.09. The molecule has 1 heterocycles. The highest BCUT2D eigenvalue weighted by Gasteiger charge is 2.12. The number of para-hydroxylation sites is 1. The van der Waals surface area contributed by atoms with Crippen molar-refractivity contribution in [3.63, 3.8) is 0 Å². The lowest BCUT2D eigenvalue weighted by atomic mass is 10.1. The van der Waals surface area contributed by atoms with Gasteiger partial charge in [-0.2, -0.15) is 5.10 Å². The van der Waals surface area contributed by atoms with Crippen LogP contribution in [0.15, 0.2) is 73.1 Å². The largest absolute Gasteiger partial charge is 0.456 e. The van der Waals surface area contributed by atoms with E-state index in [2.05, 4.69) is 10.4 Å². The van der Waals surface area contributed by atoms with Crippen LogP contribution in [0.25, 0.3) is 5.69 Å². The highest BCUT2D eigenvalue weighted by atomic mass is 16.5. The lowest BCUT2D eigenvalue weighted by Crippen LogP contribution is -2.35. The molecule has 7 nitrogen and oxygen atoms in total. The molecule has 7 heteroatoms. The first-order valence-electron chi connectivity index (χ1n) is 9.21. The summed E-state index contributed by atoms with van der Waals surface area (Å²) in [6.45, 7) is -0.483. The van der Waals surface area contributed by atoms with Gasteiger partial charge in [-0.25, -0.2) is 4.68 Å². The third-order valence-corrected chi connectivity index (χ3v) is 4.13. The zero-order valence-corrected chi connectivity index (χ0v) is 15.8. The fourth-order valence-corrected chi connectivity index (χ4v) is 2.69. The second-order valence-corrected chi connectivity index (χ2v) is 6.42. The average Bonchev–Trinajstić information content (AvgIpc) is 3.21. The molecule has 3 rings (SSSR count). The summed E-state index contributed by atoms with van der Waals surface area (Å²) in [7, 11) is 0. The van der Waals surface area contributed by atoms with Crippen LogP contribution < -0.4 is 5.32 Å². The van der Waals surface area contributed by atoms with E-state index in [-0.39, 0.29) is 12.8 Å². The molecule has 0 aliphatic heterocycles. The van der Waals surface area contributed by atoms with Gasteiger partial charge in [-0.05, 0) is 29.7 Å². The Balaban J connectivity index is 1.37. The van der Waals surface area contributed by atoms with Crippen LogP contribution in [0, 0.1) is 0 Å². The molecule has 2 amide bonds. The molecule has 148 valence electrons.